The Hall–Kier alpha value is -0.960. The topological polar surface area (TPSA) is 20.2 Å². The second kappa shape index (κ2) is 4.13. The molecule has 0 aliphatic heterocycles. The molecule has 2 atom stereocenters. The van der Waals surface area contributed by atoms with Crippen molar-refractivity contribution in [3.05, 3.63) is 35.4 Å². The lowest BCUT2D eigenvalue weighted by Crippen LogP contribution is -2.32. The van der Waals surface area contributed by atoms with Gasteiger partial charge in [0.25, 0.3) is 0 Å². The average molecular weight is 226 g/mol. The van der Waals surface area contributed by atoms with Crippen LogP contribution in [0.2, 0.25) is 0 Å². The first-order valence-electron chi connectivity index (χ1n) is 5.69. The zero-order valence-corrected chi connectivity index (χ0v) is 9.34. The molecular weight excluding hydrogens is 210 g/mol. The van der Waals surface area contributed by atoms with Crippen LogP contribution in [-0.4, -0.2) is 5.11 Å². The van der Waals surface area contributed by atoms with Crippen molar-refractivity contribution < 1.29 is 13.9 Å². The maximum Gasteiger partial charge on any atom is 0.132 e. The van der Waals surface area contributed by atoms with E-state index in [1.807, 2.05) is 6.92 Å². The third kappa shape index (κ3) is 2.09. The molecule has 3 heteroatoms. The molecule has 1 nitrogen and oxygen atoms in total. The zero-order chi connectivity index (χ0) is 11.8. The van der Waals surface area contributed by atoms with E-state index in [0.717, 1.165) is 18.9 Å². The maximum absolute atomic E-state index is 13.6. The molecule has 0 heterocycles. The Morgan fingerprint density at radius 1 is 1.38 bits per heavy atom. The SMILES string of the molecule is CC1CCCC(O)(c2ccc(F)cc2F)C1. The molecule has 0 saturated heterocycles. The van der Waals surface area contributed by atoms with Crippen molar-refractivity contribution in [2.75, 3.05) is 0 Å². The summed E-state index contributed by atoms with van der Waals surface area (Å²) in [5, 5.41) is 10.4. The number of benzene rings is 1. The summed E-state index contributed by atoms with van der Waals surface area (Å²) in [6.07, 6.45) is 3.05. The third-order valence-corrected chi connectivity index (χ3v) is 3.41. The highest BCUT2D eigenvalue weighted by molar-refractivity contribution is 5.25. The monoisotopic (exact) mass is 226 g/mol. The highest BCUT2D eigenvalue weighted by Crippen LogP contribution is 2.40. The first kappa shape index (κ1) is 11.5. The molecule has 1 aliphatic carbocycles. The van der Waals surface area contributed by atoms with Crippen LogP contribution in [0.4, 0.5) is 8.78 Å². The second-order valence-electron chi connectivity index (χ2n) is 4.86. The van der Waals surface area contributed by atoms with Gasteiger partial charge in [-0.25, -0.2) is 8.78 Å². The first-order chi connectivity index (χ1) is 7.51. The Balaban J connectivity index is 2.34. The Labute approximate surface area is 94.1 Å². The van der Waals surface area contributed by atoms with Crippen LogP contribution in [0.3, 0.4) is 0 Å². The average Bonchev–Trinajstić information content (AvgIpc) is 2.16. The van der Waals surface area contributed by atoms with Gasteiger partial charge in [-0.05, 0) is 31.2 Å². The summed E-state index contributed by atoms with van der Waals surface area (Å²) in [5.41, 5.74) is -0.879. The summed E-state index contributed by atoms with van der Waals surface area (Å²) in [4.78, 5) is 0. The van der Waals surface area contributed by atoms with E-state index >= 15 is 0 Å². The lowest BCUT2D eigenvalue weighted by atomic mass is 9.75. The number of hydrogen-bond donors (Lipinski definition) is 1. The van der Waals surface area contributed by atoms with Crippen LogP contribution in [0, 0.1) is 17.6 Å². The molecule has 0 bridgehead atoms. The molecule has 1 aliphatic rings. The quantitative estimate of drug-likeness (QED) is 0.778. The number of aliphatic hydroxyl groups is 1. The molecule has 88 valence electrons. The lowest BCUT2D eigenvalue weighted by Gasteiger charge is -2.36. The minimum Gasteiger partial charge on any atom is -0.385 e. The van der Waals surface area contributed by atoms with Gasteiger partial charge in [-0.2, -0.15) is 0 Å². The lowest BCUT2D eigenvalue weighted by molar-refractivity contribution is -0.0207. The fourth-order valence-electron chi connectivity index (χ4n) is 2.64. The Bertz CT molecular complexity index is 392. The van der Waals surface area contributed by atoms with Crippen LogP contribution in [0.1, 0.15) is 38.2 Å². The number of halogens is 2. The Kier molecular flexibility index (Phi) is 2.98. The summed E-state index contributed by atoms with van der Waals surface area (Å²) in [5.74, 6) is -0.867. The van der Waals surface area contributed by atoms with E-state index in [0.29, 0.717) is 18.8 Å². The molecule has 0 amide bonds. The fourth-order valence-corrected chi connectivity index (χ4v) is 2.64. The van der Waals surface area contributed by atoms with Gasteiger partial charge in [0, 0.05) is 11.6 Å². The minimum atomic E-state index is -1.12. The normalized spacial score (nSPS) is 30.4. The van der Waals surface area contributed by atoms with Gasteiger partial charge >= 0.3 is 0 Å². The molecule has 1 fully saturated rings. The van der Waals surface area contributed by atoms with Gasteiger partial charge in [-0.3, -0.25) is 0 Å². The zero-order valence-electron chi connectivity index (χ0n) is 9.34. The summed E-state index contributed by atoms with van der Waals surface area (Å²) >= 11 is 0. The van der Waals surface area contributed by atoms with E-state index in [1.165, 1.54) is 12.1 Å². The van der Waals surface area contributed by atoms with E-state index in [2.05, 4.69) is 0 Å². The molecule has 2 rings (SSSR count). The summed E-state index contributed by atoms with van der Waals surface area (Å²) < 4.78 is 26.4. The molecule has 1 saturated carbocycles. The molecular formula is C13H16F2O. The smallest absolute Gasteiger partial charge is 0.132 e. The maximum atomic E-state index is 13.6. The predicted octanol–water partition coefficient (Wildman–Crippen LogP) is 3.36. The first-order valence-corrected chi connectivity index (χ1v) is 5.69. The third-order valence-electron chi connectivity index (χ3n) is 3.41. The molecule has 0 spiro atoms. The predicted molar refractivity (Wildman–Crippen MR) is 57.9 cm³/mol. The van der Waals surface area contributed by atoms with Crippen molar-refractivity contribution >= 4 is 0 Å². The van der Waals surface area contributed by atoms with E-state index in [1.54, 1.807) is 0 Å². The van der Waals surface area contributed by atoms with Crippen molar-refractivity contribution in [1.82, 2.24) is 0 Å². The van der Waals surface area contributed by atoms with Gasteiger partial charge < -0.3 is 5.11 Å². The van der Waals surface area contributed by atoms with Gasteiger partial charge in [-0.1, -0.05) is 19.4 Å². The molecule has 1 aromatic carbocycles. The summed E-state index contributed by atoms with van der Waals surface area (Å²) in [6.45, 7) is 2.05. The van der Waals surface area contributed by atoms with Crippen molar-refractivity contribution in [3.63, 3.8) is 0 Å². The van der Waals surface area contributed by atoms with Gasteiger partial charge in [0.2, 0.25) is 0 Å². The van der Waals surface area contributed by atoms with Crippen LogP contribution in [0.15, 0.2) is 18.2 Å². The Morgan fingerprint density at radius 2 is 2.12 bits per heavy atom. The van der Waals surface area contributed by atoms with E-state index in [4.69, 9.17) is 0 Å². The largest absolute Gasteiger partial charge is 0.385 e. The highest BCUT2D eigenvalue weighted by atomic mass is 19.1. The Morgan fingerprint density at radius 3 is 2.75 bits per heavy atom. The number of rotatable bonds is 1. The van der Waals surface area contributed by atoms with Crippen LogP contribution in [0.5, 0.6) is 0 Å². The fraction of sp³-hybridized carbons (Fsp3) is 0.538. The highest BCUT2D eigenvalue weighted by Gasteiger charge is 2.36. The van der Waals surface area contributed by atoms with E-state index in [9.17, 15) is 13.9 Å². The standard InChI is InChI=1S/C13H16F2O/c1-9-3-2-6-13(16,8-9)11-5-4-10(14)7-12(11)15/h4-5,7,9,16H,2-3,6,8H2,1H3. The van der Waals surface area contributed by atoms with Gasteiger partial charge in [-0.15, -0.1) is 0 Å². The molecule has 0 aromatic heterocycles. The van der Waals surface area contributed by atoms with Crippen LogP contribution < -0.4 is 0 Å². The van der Waals surface area contributed by atoms with Crippen molar-refractivity contribution in [2.24, 2.45) is 5.92 Å². The summed E-state index contributed by atoms with van der Waals surface area (Å²) in [7, 11) is 0. The van der Waals surface area contributed by atoms with Crippen LogP contribution in [0.25, 0.3) is 0 Å². The molecule has 1 N–H and O–H groups in total. The molecule has 0 radical (unpaired) electrons. The number of hydrogen-bond acceptors (Lipinski definition) is 1. The van der Waals surface area contributed by atoms with Crippen molar-refractivity contribution in [1.29, 1.82) is 0 Å². The molecule has 1 aromatic rings. The molecule has 16 heavy (non-hydrogen) atoms. The van der Waals surface area contributed by atoms with Gasteiger partial charge in [0.15, 0.2) is 0 Å². The minimum absolute atomic E-state index is 0.237. The van der Waals surface area contributed by atoms with E-state index in [-0.39, 0.29) is 5.56 Å². The van der Waals surface area contributed by atoms with Gasteiger partial charge in [0.05, 0.1) is 5.60 Å². The van der Waals surface area contributed by atoms with Crippen molar-refractivity contribution in [2.45, 2.75) is 38.2 Å². The van der Waals surface area contributed by atoms with Crippen LogP contribution >= 0.6 is 0 Å². The summed E-state index contributed by atoms with van der Waals surface area (Å²) in [6, 6.07) is 3.41. The molecule has 2 unspecified atom stereocenters. The van der Waals surface area contributed by atoms with Crippen LogP contribution in [-0.2, 0) is 5.60 Å². The van der Waals surface area contributed by atoms with Crippen molar-refractivity contribution in [3.8, 4) is 0 Å². The van der Waals surface area contributed by atoms with Gasteiger partial charge in [0.1, 0.15) is 11.6 Å². The van der Waals surface area contributed by atoms with E-state index < -0.39 is 17.2 Å². The second-order valence-corrected chi connectivity index (χ2v) is 4.86.